The number of hydrogen-bond acceptors (Lipinski definition) is 6. The number of anilines is 2. The summed E-state index contributed by atoms with van der Waals surface area (Å²) in [6.45, 7) is 3.11. The van der Waals surface area contributed by atoms with Gasteiger partial charge in [0.2, 0.25) is 0 Å². The highest BCUT2D eigenvalue weighted by molar-refractivity contribution is 14.1. The summed E-state index contributed by atoms with van der Waals surface area (Å²) in [6, 6.07) is 43.2. The van der Waals surface area contributed by atoms with Gasteiger partial charge in [-0.25, -0.2) is 0 Å². The zero-order valence-corrected chi connectivity index (χ0v) is 44.6. The van der Waals surface area contributed by atoms with E-state index >= 15 is 0 Å². The van der Waals surface area contributed by atoms with E-state index in [1.54, 1.807) is 23.8 Å². The van der Waals surface area contributed by atoms with Crippen LogP contribution < -0.4 is 11.5 Å². The number of nitrogen functional groups attached to an aromatic ring is 2. The topological polar surface area (TPSA) is 116 Å². The number of aliphatic imine (C=N–C) groups is 1. The van der Waals surface area contributed by atoms with Crippen molar-refractivity contribution >= 4 is 87.4 Å². The second-order valence-electron chi connectivity index (χ2n) is 20.0. The maximum absolute atomic E-state index is 10.8. The van der Waals surface area contributed by atoms with Gasteiger partial charge in [-0.15, -0.1) is 0 Å². The molecular formula is C63H67Cl2IN3O3+. The van der Waals surface area contributed by atoms with Gasteiger partial charge < -0.3 is 21.1 Å². The first-order valence-electron chi connectivity index (χ1n) is 25.4. The molecule has 72 heavy (non-hydrogen) atoms. The number of allylic oxidation sites excluding steroid dienone is 7. The highest BCUT2D eigenvalue weighted by atomic mass is 127. The van der Waals surface area contributed by atoms with Crippen LogP contribution in [0.4, 0.5) is 17.1 Å². The van der Waals surface area contributed by atoms with Crippen LogP contribution in [0.3, 0.4) is 0 Å². The molecule has 0 spiro atoms. The summed E-state index contributed by atoms with van der Waals surface area (Å²) >= 11 is 14.0. The minimum Gasteiger partial charge on any atom is -0.397 e. The van der Waals surface area contributed by atoms with Gasteiger partial charge in [0.25, 0.3) is 0 Å². The zero-order valence-electron chi connectivity index (χ0n) is 40.9. The van der Waals surface area contributed by atoms with Gasteiger partial charge in [0.1, 0.15) is 25.3 Å². The van der Waals surface area contributed by atoms with Crippen LogP contribution in [-0.2, 0) is 20.8 Å². The fourth-order valence-corrected chi connectivity index (χ4v) is 12.9. The minimum absolute atomic E-state index is 0.361. The predicted molar refractivity (Wildman–Crippen MR) is 307 cm³/mol. The van der Waals surface area contributed by atoms with Crippen molar-refractivity contribution in [1.82, 2.24) is 0 Å². The van der Waals surface area contributed by atoms with Crippen molar-refractivity contribution in [2.24, 2.45) is 58.3 Å². The van der Waals surface area contributed by atoms with Gasteiger partial charge in [-0.1, -0.05) is 121 Å². The van der Waals surface area contributed by atoms with Crippen molar-refractivity contribution in [2.75, 3.05) is 11.5 Å². The molecule has 6 nitrogen and oxygen atoms in total. The van der Waals surface area contributed by atoms with Crippen molar-refractivity contribution in [3.63, 3.8) is 0 Å². The smallest absolute Gasteiger partial charge is 0.154 e. The van der Waals surface area contributed by atoms with Crippen molar-refractivity contribution in [2.45, 2.75) is 76.0 Å². The number of nitrogens with two attached hydrogens (primary N) is 2. The van der Waals surface area contributed by atoms with Gasteiger partial charge in [0, 0.05) is 49.6 Å². The molecule has 0 amide bonds. The van der Waals surface area contributed by atoms with Crippen LogP contribution in [0.1, 0.15) is 86.3 Å². The average molecular weight is 1110 g/mol. The first-order valence-corrected chi connectivity index (χ1v) is 27.2. The molecule has 0 saturated heterocycles. The lowest BCUT2D eigenvalue weighted by Crippen LogP contribution is -2.24. The molecule has 1 heterocycles. The molecule has 11 atom stereocenters. The predicted octanol–water partition coefficient (Wildman–Crippen LogP) is 15.7. The molecule has 13 rings (SSSR count). The molecule has 11 unspecified atom stereocenters. The Morgan fingerprint density at radius 2 is 1.18 bits per heavy atom. The molecule has 5 aromatic rings. The lowest BCUT2D eigenvalue weighted by molar-refractivity contribution is -0.112. The fraction of sp³-hybridized carbons (Fsp3) is 0.333. The van der Waals surface area contributed by atoms with Gasteiger partial charge in [-0.2, -0.15) is 0 Å². The summed E-state index contributed by atoms with van der Waals surface area (Å²) < 4.78 is 1.29. The molecule has 372 valence electrons. The number of hydrogen-bond donors (Lipinski definition) is 2. The molecule has 8 aliphatic rings. The van der Waals surface area contributed by atoms with E-state index < -0.39 is 0 Å². The number of fused-ring (bicyclic) bond motifs is 7. The number of carbonyl (C=O) groups excluding carboxylic acids is 3. The van der Waals surface area contributed by atoms with E-state index in [0.29, 0.717) is 52.3 Å². The maximum atomic E-state index is 10.8. The SMILES string of the molecule is C=CC=O.Clc1ccc2c(c1)CC(C1CC3CC1CC3c1ccccc1)=N2.Ic1ccccc1.Nc1ccc(Cl)cc1N.O=CC1CC2C=CC1C2.O=CC1CC2CC1CC2c1ccccc1.[C+]1=CC=CC1. The van der Waals surface area contributed by atoms with Crippen molar-refractivity contribution in [3.8, 4) is 0 Å². The van der Waals surface area contributed by atoms with Crippen LogP contribution in [0.25, 0.3) is 0 Å². The second kappa shape index (κ2) is 27.6. The van der Waals surface area contributed by atoms with Gasteiger partial charge in [0.15, 0.2) is 6.08 Å². The Morgan fingerprint density at radius 1 is 0.611 bits per heavy atom. The lowest BCUT2D eigenvalue weighted by atomic mass is 9.76. The van der Waals surface area contributed by atoms with Crippen LogP contribution in [0.2, 0.25) is 10.0 Å². The van der Waals surface area contributed by atoms with E-state index in [1.165, 1.54) is 71.3 Å². The van der Waals surface area contributed by atoms with Crippen LogP contribution in [0, 0.1) is 62.9 Å². The quantitative estimate of drug-likeness (QED) is 0.0439. The summed E-state index contributed by atoms with van der Waals surface area (Å²) in [5.41, 5.74) is 18.8. The Bertz CT molecular complexity index is 2660. The molecule has 4 N–H and O–H groups in total. The Morgan fingerprint density at radius 3 is 1.61 bits per heavy atom. The Balaban J connectivity index is 0.000000134. The number of rotatable bonds is 6. The van der Waals surface area contributed by atoms with E-state index in [0.717, 1.165) is 78.2 Å². The summed E-state index contributed by atoms with van der Waals surface area (Å²) in [6.07, 6.45) is 29.7. The average Bonchev–Trinajstić information content (AvgIpc) is 4.29. The van der Waals surface area contributed by atoms with Crippen LogP contribution in [-0.4, -0.2) is 24.6 Å². The summed E-state index contributed by atoms with van der Waals surface area (Å²) in [4.78, 5) is 35.2. The first kappa shape index (κ1) is 54.3. The first-order chi connectivity index (χ1) is 35.1. The monoisotopic (exact) mass is 1110 g/mol. The molecule has 5 aromatic carbocycles. The summed E-state index contributed by atoms with van der Waals surface area (Å²) in [5, 5.41) is 1.44. The standard InChI is InChI=1S/C21H20ClN.C14H16O.C8H10O.C6H7ClN2.C6H5I.C5H5.C3H4O/c22-17-6-7-20-16(9-17)12-21(23-20)19-11-14-8-15(19)10-18(14)13-4-2-1-3-5-13;15-9-13-7-12-6-11(13)8-14(12)10-4-2-1-3-5-10;9-5-8-4-6-1-2-7(8)3-6;7-4-1-2-5(8)6(9)3-4;7-6-4-2-1-3-5-6;1-2-4-5-3-1;1-2-3-4/h1-7,9,14-15,18-19H,8,10-12H2;1-5,9,11-14H,6-8H2;1-2,5-8H,3-4H2;1-3H,8-9H2;1-5H;1-3H,4H2;2-3H,1H2/q;;;;;+1;. The second-order valence-corrected chi connectivity index (χ2v) is 22.1. The molecule has 0 aromatic heterocycles. The van der Waals surface area contributed by atoms with E-state index in [1.807, 2.05) is 36.4 Å². The summed E-state index contributed by atoms with van der Waals surface area (Å²) in [5.74, 6) is 7.41. The van der Waals surface area contributed by atoms with E-state index in [4.69, 9.17) is 44.5 Å². The number of nitrogens with zero attached hydrogens (tertiary/aromatic N) is 1. The Kier molecular flexibility index (Phi) is 20.8. The molecule has 0 radical (unpaired) electrons. The van der Waals surface area contributed by atoms with Crippen molar-refractivity contribution < 1.29 is 14.4 Å². The van der Waals surface area contributed by atoms with Gasteiger partial charge in [-0.05, 0) is 193 Å². The van der Waals surface area contributed by atoms with Crippen LogP contribution >= 0.6 is 45.8 Å². The van der Waals surface area contributed by atoms with E-state index in [2.05, 4.69) is 138 Å². The van der Waals surface area contributed by atoms with Crippen LogP contribution in [0.5, 0.6) is 0 Å². The molecule has 6 bridgehead atoms. The number of aldehydes is 3. The van der Waals surface area contributed by atoms with E-state index in [-0.39, 0.29) is 0 Å². The number of carbonyl (C=O) groups is 3. The minimum atomic E-state index is 0.361. The van der Waals surface area contributed by atoms with E-state index in [9.17, 15) is 9.59 Å². The largest absolute Gasteiger partial charge is 0.397 e. The molecule has 5 saturated carbocycles. The fourth-order valence-electron chi connectivity index (χ4n) is 12.1. The third-order valence-electron chi connectivity index (χ3n) is 15.5. The molecule has 7 aliphatic carbocycles. The molecule has 1 aliphatic heterocycles. The Hall–Kier alpha value is -5.44. The molecule has 5 fully saturated rings. The highest BCUT2D eigenvalue weighted by Gasteiger charge is 2.48. The van der Waals surface area contributed by atoms with Crippen molar-refractivity contribution in [3.05, 3.63) is 207 Å². The zero-order chi connectivity index (χ0) is 50.8. The molecule has 9 heteroatoms. The van der Waals surface area contributed by atoms with Crippen LogP contribution in [0.15, 0.2) is 175 Å². The lowest BCUT2D eigenvalue weighted by Gasteiger charge is -2.28. The summed E-state index contributed by atoms with van der Waals surface area (Å²) in [7, 11) is 0. The normalized spacial score (nSPS) is 27.1. The van der Waals surface area contributed by atoms with Gasteiger partial charge in [-0.3, -0.25) is 9.79 Å². The third kappa shape index (κ3) is 15.1. The van der Waals surface area contributed by atoms with Gasteiger partial charge >= 0.3 is 0 Å². The maximum Gasteiger partial charge on any atom is 0.154 e. The number of benzene rings is 5. The molecular weight excluding hydrogens is 1040 g/mol. The van der Waals surface area contributed by atoms with Crippen molar-refractivity contribution in [1.29, 1.82) is 0 Å². The highest BCUT2D eigenvalue weighted by Crippen LogP contribution is 2.57. The number of halogens is 3. The Labute approximate surface area is 451 Å². The van der Waals surface area contributed by atoms with Gasteiger partial charge in [0.05, 0.1) is 29.2 Å². The third-order valence-corrected chi connectivity index (χ3v) is 16.7.